The van der Waals surface area contributed by atoms with E-state index in [0.29, 0.717) is 11.5 Å². The number of nitrogens with one attached hydrogen (secondary N) is 1. The molecule has 1 aromatic rings. The first kappa shape index (κ1) is 20.3. The fourth-order valence-corrected chi connectivity index (χ4v) is 5.11. The van der Waals surface area contributed by atoms with Crippen LogP contribution in [0.4, 0.5) is 0 Å². The molecule has 2 N–H and O–H groups in total. The van der Waals surface area contributed by atoms with E-state index in [9.17, 15) is 9.90 Å². The maximum atomic E-state index is 13.1. The molecule has 0 aromatic heterocycles. The fourth-order valence-electron chi connectivity index (χ4n) is 5.11. The molecule has 0 radical (unpaired) electrons. The number of phenols is 1. The third kappa shape index (κ3) is 3.91. The Bertz CT molecular complexity index is 835. The van der Waals surface area contributed by atoms with Crippen LogP contribution in [0, 0.1) is 5.92 Å². The molecule has 1 fully saturated rings. The molecule has 4 nitrogen and oxygen atoms in total. The highest BCUT2D eigenvalue weighted by Gasteiger charge is 2.46. The molecule has 0 spiro atoms. The first-order chi connectivity index (χ1) is 13.8. The summed E-state index contributed by atoms with van der Waals surface area (Å²) in [7, 11) is 0. The first-order valence-corrected chi connectivity index (χ1v) is 11.4. The molecule has 1 amide bonds. The van der Waals surface area contributed by atoms with Crippen LogP contribution in [0.25, 0.3) is 0 Å². The SMILES string of the molecule is CCCCCc1cc2c(c(O)c1C(=O)NC1CC1)[C@@H]1C=C(C)CC[C@H]1C(C)(C)O2. The van der Waals surface area contributed by atoms with E-state index >= 15 is 0 Å². The fraction of sp³-hybridized carbons (Fsp3) is 0.640. The third-order valence-corrected chi connectivity index (χ3v) is 6.92. The Morgan fingerprint density at radius 1 is 1.28 bits per heavy atom. The van der Waals surface area contributed by atoms with Gasteiger partial charge in [0.2, 0.25) is 0 Å². The molecule has 0 saturated heterocycles. The van der Waals surface area contributed by atoms with E-state index in [0.717, 1.165) is 68.2 Å². The highest BCUT2D eigenvalue weighted by atomic mass is 16.5. The number of benzene rings is 1. The predicted molar refractivity (Wildman–Crippen MR) is 116 cm³/mol. The van der Waals surface area contributed by atoms with Gasteiger partial charge in [0, 0.05) is 23.4 Å². The average molecular weight is 398 g/mol. The van der Waals surface area contributed by atoms with Gasteiger partial charge in [-0.05, 0) is 70.9 Å². The van der Waals surface area contributed by atoms with Gasteiger partial charge in [-0.15, -0.1) is 0 Å². The Morgan fingerprint density at radius 3 is 2.72 bits per heavy atom. The van der Waals surface area contributed by atoms with E-state index in [1.807, 2.05) is 6.07 Å². The molecule has 1 heterocycles. The summed E-state index contributed by atoms with van der Waals surface area (Å²) in [4.78, 5) is 13.1. The van der Waals surface area contributed by atoms with Crippen molar-refractivity contribution in [2.24, 2.45) is 5.92 Å². The highest BCUT2D eigenvalue weighted by Crippen LogP contribution is 2.54. The summed E-state index contributed by atoms with van der Waals surface area (Å²) in [6.45, 7) is 8.65. The molecule has 1 aromatic carbocycles. The standard InChI is InChI=1S/C25H35NO3/c1-5-6-7-8-16-14-20-22(23(27)21(16)24(28)26-17-10-11-17)18-13-15(2)9-12-19(18)25(3,4)29-20/h13-14,17-19,27H,5-12H2,1-4H3,(H,26,28)/t18-,19-/m1/s1. The molecule has 1 saturated carbocycles. The lowest BCUT2D eigenvalue weighted by Crippen LogP contribution is -2.45. The van der Waals surface area contributed by atoms with Gasteiger partial charge in [0.15, 0.2) is 0 Å². The second-order valence-electron chi connectivity index (χ2n) is 9.77. The van der Waals surface area contributed by atoms with E-state index in [4.69, 9.17) is 4.74 Å². The number of rotatable bonds is 6. The largest absolute Gasteiger partial charge is 0.507 e. The van der Waals surface area contributed by atoms with Crippen LogP contribution in [-0.4, -0.2) is 22.7 Å². The van der Waals surface area contributed by atoms with Gasteiger partial charge in [-0.25, -0.2) is 0 Å². The van der Waals surface area contributed by atoms with E-state index < -0.39 is 0 Å². The smallest absolute Gasteiger partial charge is 0.255 e. The molecule has 1 aliphatic heterocycles. The summed E-state index contributed by atoms with van der Waals surface area (Å²) < 4.78 is 6.46. The monoisotopic (exact) mass is 397 g/mol. The Hall–Kier alpha value is -1.97. The van der Waals surface area contributed by atoms with Crippen LogP contribution in [0.3, 0.4) is 0 Å². The zero-order valence-corrected chi connectivity index (χ0v) is 18.3. The Morgan fingerprint density at radius 2 is 2.03 bits per heavy atom. The lowest BCUT2D eigenvalue weighted by atomic mass is 9.67. The van der Waals surface area contributed by atoms with Crippen molar-refractivity contribution in [2.75, 3.05) is 0 Å². The summed E-state index contributed by atoms with van der Waals surface area (Å²) in [5.74, 6) is 1.17. The van der Waals surface area contributed by atoms with Crippen molar-refractivity contribution < 1.29 is 14.6 Å². The number of aryl methyl sites for hydroxylation is 1. The third-order valence-electron chi connectivity index (χ3n) is 6.92. The average Bonchev–Trinajstić information content (AvgIpc) is 3.44. The van der Waals surface area contributed by atoms with Gasteiger partial charge in [0.1, 0.15) is 17.1 Å². The Labute approximate surface area is 174 Å². The second kappa shape index (κ2) is 7.70. The van der Waals surface area contributed by atoms with Gasteiger partial charge < -0.3 is 15.2 Å². The normalized spacial score (nSPS) is 24.8. The van der Waals surface area contributed by atoms with Gasteiger partial charge in [-0.3, -0.25) is 4.79 Å². The van der Waals surface area contributed by atoms with Crippen molar-refractivity contribution in [1.82, 2.24) is 5.32 Å². The Kier molecular flexibility index (Phi) is 5.39. The van der Waals surface area contributed by atoms with Gasteiger partial charge in [-0.2, -0.15) is 0 Å². The number of carbonyl (C=O) groups excluding carboxylic acids is 1. The molecular weight excluding hydrogens is 362 g/mol. The summed E-state index contributed by atoms with van der Waals surface area (Å²) in [5, 5.41) is 14.5. The Balaban J connectivity index is 1.82. The number of hydrogen-bond acceptors (Lipinski definition) is 3. The molecule has 3 aliphatic rings. The summed E-state index contributed by atoms with van der Waals surface area (Å²) in [5.41, 5.74) is 3.27. The maximum absolute atomic E-state index is 13.1. The molecule has 4 rings (SSSR count). The predicted octanol–water partition coefficient (Wildman–Crippen LogP) is 5.63. The number of ether oxygens (including phenoxy) is 1. The number of phenolic OH excluding ortho intramolecular Hbond substituents is 1. The van der Waals surface area contributed by atoms with E-state index in [1.54, 1.807) is 0 Å². The number of hydrogen-bond donors (Lipinski definition) is 2. The quantitative estimate of drug-likeness (QED) is 0.483. The topological polar surface area (TPSA) is 58.6 Å². The van der Waals surface area contributed by atoms with E-state index in [2.05, 4.69) is 39.1 Å². The summed E-state index contributed by atoms with van der Waals surface area (Å²) in [6.07, 6.45) is 10.5. The maximum Gasteiger partial charge on any atom is 0.255 e. The van der Waals surface area contributed by atoms with Crippen LogP contribution < -0.4 is 10.1 Å². The summed E-state index contributed by atoms with van der Waals surface area (Å²) >= 11 is 0. The number of allylic oxidation sites excluding steroid dienone is 2. The second-order valence-corrected chi connectivity index (χ2v) is 9.77. The minimum atomic E-state index is -0.292. The lowest BCUT2D eigenvalue weighted by molar-refractivity contribution is 0.0107. The van der Waals surface area contributed by atoms with Gasteiger partial charge in [-0.1, -0.05) is 31.4 Å². The van der Waals surface area contributed by atoms with Crippen LogP contribution in [0.5, 0.6) is 11.5 Å². The minimum absolute atomic E-state index is 0.0969. The van der Waals surface area contributed by atoms with Gasteiger partial charge >= 0.3 is 0 Å². The number of fused-ring (bicyclic) bond motifs is 3. The van der Waals surface area contributed by atoms with Crippen molar-refractivity contribution >= 4 is 5.91 Å². The molecule has 158 valence electrons. The molecule has 29 heavy (non-hydrogen) atoms. The molecule has 2 atom stereocenters. The van der Waals surface area contributed by atoms with Gasteiger partial charge in [0.25, 0.3) is 5.91 Å². The van der Waals surface area contributed by atoms with Crippen LogP contribution in [-0.2, 0) is 6.42 Å². The van der Waals surface area contributed by atoms with Crippen LogP contribution in [0.2, 0.25) is 0 Å². The van der Waals surface area contributed by atoms with Crippen molar-refractivity contribution in [3.05, 3.63) is 34.4 Å². The molecule has 2 aliphatic carbocycles. The van der Waals surface area contributed by atoms with Gasteiger partial charge in [0.05, 0.1) is 5.56 Å². The number of carbonyl (C=O) groups is 1. The van der Waals surface area contributed by atoms with Crippen molar-refractivity contribution in [3.8, 4) is 11.5 Å². The minimum Gasteiger partial charge on any atom is -0.507 e. The zero-order chi connectivity index (χ0) is 20.8. The van der Waals surface area contributed by atoms with Crippen molar-refractivity contribution in [2.45, 2.75) is 96.6 Å². The van der Waals surface area contributed by atoms with E-state index in [1.165, 1.54) is 5.57 Å². The van der Waals surface area contributed by atoms with Crippen molar-refractivity contribution in [3.63, 3.8) is 0 Å². The van der Waals surface area contributed by atoms with Crippen LogP contribution in [0.15, 0.2) is 17.7 Å². The first-order valence-electron chi connectivity index (χ1n) is 11.4. The molecule has 0 bridgehead atoms. The molecule has 0 unspecified atom stereocenters. The lowest BCUT2D eigenvalue weighted by Gasteiger charge is -2.46. The molecule has 4 heteroatoms. The number of amides is 1. The number of unbranched alkanes of at least 4 members (excludes halogenated alkanes) is 2. The van der Waals surface area contributed by atoms with Crippen LogP contribution >= 0.6 is 0 Å². The number of aromatic hydroxyl groups is 1. The highest BCUT2D eigenvalue weighted by molar-refractivity contribution is 5.99. The van der Waals surface area contributed by atoms with Crippen molar-refractivity contribution in [1.29, 1.82) is 0 Å². The van der Waals surface area contributed by atoms with E-state index in [-0.39, 0.29) is 29.2 Å². The zero-order valence-electron chi connectivity index (χ0n) is 18.3. The molecular formula is C25H35NO3. The summed E-state index contributed by atoms with van der Waals surface area (Å²) in [6, 6.07) is 2.31. The van der Waals surface area contributed by atoms with Crippen LogP contribution in [0.1, 0.15) is 100 Å².